The van der Waals surface area contributed by atoms with E-state index in [-0.39, 0.29) is 38.9 Å². The highest BCUT2D eigenvalue weighted by atomic mass is 32.2. The number of carbonyl (C=O) groups is 2. The maximum Gasteiger partial charge on any atom is 0.337 e. The number of carboxylic acid groups (broad SMARTS) is 1. The number of fused-ring (bicyclic) bond motifs is 2. The van der Waals surface area contributed by atoms with Crippen LogP contribution in [0.1, 0.15) is 66.2 Å². The number of aliphatic carboxylic acids is 1. The Morgan fingerprint density at radius 1 is 1.16 bits per heavy atom. The van der Waals surface area contributed by atoms with Gasteiger partial charge in [-0.3, -0.25) is 4.79 Å². The SMILES string of the molecule is Cc1nc2cc(C(=O)NS(=O)(=O)c3ccccc3)nn2c(-c2cc(F)c3c(c2C)CCCO3)c1[C@H](OC(C)(C)C)C(=O)O. The van der Waals surface area contributed by atoms with Crippen LogP contribution in [0.25, 0.3) is 16.9 Å². The van der Waals surface area contributed by atoms with Gasteiger partial charge in [-0.2, -0.15) is 5.10 Å². The number of aromatic nitrogens is 3. The van der Waals surface area contributed by atoms with E-state index in [1.807, 2.05) is 4.72 Å². The predicted molar refractivity (Wildman–Crippen MR) is 154 cm³/mol. The first kappa shape index (κ1) is 30.1. The topological polar surface area (TPSA) is 149 Å². The van der Waals surface area contributed by atoms with Crippen molar-refractivity contribution in [3.63, 3.8) is 0 Å². The fourth-order valence-electron chi connectivity index (χ4n) is 5.14. The Bertz CT molecular complexity index is 1870. The molecule has 2 N–H and O–H groups in total. The molecule has 0 bridgehead atoms. The van der Waals surface area contributed by atoms with E-state index in [9.17, 15) is 23.1 Å². The van der Waals surface area contributed by atoms with Gasteiger partial charge in [0, 0.05) is 28.5 Å². The number of nitrogens with zero attached hydrogens (tertiary/aromatic N) is 3. The van der Waals surface area contributed by atoms with Crippen LogP contribution in [0.2, 0.25) is 0 Å². The summed E-state index contributed by atoms with van der Waals surface area (Å²) in [5.41, 5.74) is 1.01. The summed E-state index contributed by atoms with van der Waals surface area (Å²) < 4.78 is 55.9. The number of amides is 1. The van der Waals surface area contributed by atoms with Crippen molar-refractivity contribution in [2.75, 3.05) is 6.61 Å². The summed E-state index contributed by atoms with van der Waals surface area (Å²) >= 11 is 0. The first-order chi connectivity index (χ1) is 20.2. The van der Waals surface area contributed by atoms with Crippen LogP contribution in [0.4, 0.5) is 4.39 Å². The van der Waals surface area contributed by atoms with Gasteiger partial charge in [0.15, 0.2) is 29.0 Å². The Hall–Kier alpha value is -4.36. The van der Waals surface area contributed by atoms with Crippen LogP contribution in [0.5, 0.6) is 5.75 Å². The number of carbonyl (C=O) groups excluding carboxylic acids is 1. The van der Waals surface area contributed by atoms with E-state index in [4.69, 9.17) is 9.47 Å². The zero-order valence-corrected chi connectivity index (χ0v) is 25.1. The van der Waals surface area contributed by atoms with Crippen molar-refractivity contribution in [2.24, 2.45) is 0 Å². The lowest BCUT2D eigenvalue weighted by Gasteiger charge is -2.28. The van der Waals surface area contributed by atoms with Crippen molar-refractivity contribution in [3.05, 3.63) is 76.4 Å². The van der Waals surface area contributed by atoms with Crippen LogP contribution < -0.4 is 9.46 Å². The molecule has 3 heterocycles. The molecule has 0 fully saturated rings. The second kappa shape index (κ2) is 11.0. The Balaban J connectivity index is 1.75. The number of aryl methyl sites for hydroxylation is 1. The number of nitrogens with one attached hydrogen (secondary N) is 1. The summed E-state index contributed by atoms with van der Waals surface area (Å²) in [4.78, 5) is 30.2. The van der Waals surface area contributed by atoms with Gasteiger partial charge < -0.3 is 14.6 Å². The molecular weight excluding hydrogens is 579 g/mol. The van der Waals surface area contributed by atoms with Crippen LogP contribution in [-0.2, 0) is 26.0 Å². The van der Waals surface area contributed by atoms with Gasteiger partial charge in [0.1, 0.15) is 0 Å². The van der Waals surface area contributed by atoms with Crippen molar-refractivity contribution < 1.29 is 37.0 Å². The molecule has 2 aromatic heterocycles. The minimum Gasteiger partial charge on any atom is -0.490 e. The average molecular weight is 611 g/mol. The smallest absolute Gasteiger partial charge is 0.337 e. The van der Waals surface area contributed by atoms with Gasteiger partial charge in [0.05, 0.1) is 22.8 Å². The molecule has 1 amide bonds. The lowest BCUT2D eigenvalue weighted by molar-refractivity contribution is -0.160. The molecule has 5 rings (SSSR count). The molecule has 1 aliphatic rings. The number of benzene rings is 2. The number of sulfonamides is 1. The minimum absolute atomic E-state index is 0.112. The highest BCUT2D eigenvalue weighted by Gasteiger charge is 2.35. The highest BCUT2D eigenvalue weighted by molar-refractivity contribution is 7.90. The lowest BCUT2D eigenvalue weighted by atomic mass is 9.91. The molecule has 43 heavy (non-hydrogen) atoms. The molecule has 1 atom stereocenters. The molecule has 1 aliphatic heterocycles. The average Bonchev–Trinajstić information content (AvgIpc) is 3.37. The zero-order chi connectivity index (χ0) is 31.3. The third-order valence-corrected chi connectivity index (χ3v) is 8.34. The largest absolute Gasteiger partial charge is 0.490 e. The van der Waals surface area contributed by atoms with Gasteiger partial charge in [-0.25, -0.2) is 31.8 Å². The predicted octanol–water partition coefficient (Wildman–Crippen LogP) is 4.54. The third kappa shape index (κ3) is 5.82. The first-order valence-corrected chi connectivity index (χ1v) is 15.0. The van der Waals surface area contributed by atoms with Crippen LogP contribution in [0.3, 0.4) is 0 Å². The number of hydrogen-bond donors (Lipinski definition) is 2. The molecule has 226 valence electrons. The summed E-state index contributed by atoms with van der Waals surface area (Å²) in [6.45, 7) is 8.84. The summed E-state index contributed by atoms with van der Waals surface area (Å²) in [6, 6.07) is 9.89. The van der Waals surface area contributed by atoms with Crippen molar-refractivity contribution in [1.29, 1.82) is 0 Å². The van der Waals surface area contributed by atoms with E-state index in [0.29, 0.717) is 36.1 Å². The molecule has 0 aliphatic carbocycles. The molecule has 0 saturated heterocycles. The summed E-state index contributed by atoms with van der Waals surface area (Å²) in [5.74, 6) is -2.82. The maximum atomic E-state index is 15.5. The van der Waals surface area contributed by atoms with Crippen molar-refractivity contribution >= 4 is 27.5 Å². The fraction of sp³-hybridized carbons (Fsp3) is 0.333. The summed E-state index contributed by atoms with van der Waals surface area (Å²) in [6.07, 6.45) is -0.331. The van der Waals surface area contributed by atoms with Gasteiger partial charge in [0.25, 0.3) is 15.9 Å². The van der Waals surface area contributed by atoms with Crippen molar-refractivity contribution in [2.45, 2.75) is 64.1 Å². The van der Waals surface area contributed by atoms with Gasteiger partial charge in [-0.15, -0.1) is 0 Å². The van der Waals surface area contributed by atoms with Crippen molar-refractivity contribution in [3.8, 4) is 17.0 Å². The molecule has 0 unspecified atom stereocenters. The van der Waals surface area contributed by atoms with Gasteiger partial charge in [0.2, 0.25) is 0 Å². The van der Waals surface area contributed by atoms with E-state index in [1.54, 1.807) is 40.7 Å². The van der Waals surface area contributed by atoms with E-state index < -0.39 is 39.4 Å². The zero-order valence-electron chi connectivity index (χ0n) is 24.3. The Kier molecular flexibility index (Phi) is 7.73. The molecule has 0 spiro atoms. The molecule has 13 heteroatoms. The van der Waals surface area contributed by atoms with E-state index in [2.05, 4.69) is 10.1 Å². The Labute approximate surface area is 247 Å². The van der Waals surface area contributed by atoms with Crippen molar-refractivity contribution in [1.82, 2.24) is 19.3 Å². The first-order valence-electron chi connectivity index (χ1n) is 13.6. The van der Waals surface area contributed by atoms with Crippen LogP contribution in [0, 0.1) is 19.7 Å². The van der Waals surface area contributed by atoms with Gasteiger partial charge >= 0.3 is 5.97 Å². The van der Waals surface area contributed by atoms with Gasteiger partial charge in [-0.05, 0) is 71.2 Å². The quantitative estimate of drug-likeness (QED) is 0.308. The van der Waals surface area contributed by atoms with E-state index >= 15 is 4.39 Å². The van der Waals surface area contributed by atoms with Crippen LogP contribution in [0.15, 0.2) is 47.4 Å². The van der Waals surface area contributed by atoms with E-state index in [1.165, 1.54) is 40.9 Å². The maximum absolute atomic E-state index is 15.5. The summed E-state index contributed by atoms with van der Waals surface area (Å²) in [5, 5.41) is 14.7. The number of ether oxygens (including phenoxy) is 2. The van der Waals surface area contributed by atoms with E-state index in [0.717, 1.165) is 0 Å². The number of rotatable bonds is 7. The molecule has 11 nitrogen and oxygen atoms in total. The summed E-state index contributed by atoms with van der Waals surface area (Å²) in [7, 11) is -4.22. The standard InChI is InChI=1S/C30H31FN4O7S/c1-16-19-12-9-13-41-26(19)21(31)14-20(16)25-24(27(29(37)38)42-30(3,4)5)17(2)32-23-15-22(33-35(23)25)28(36)34-43(39,40)18-10-7-6-8-11-18/h6-8,10-11,14-15,27H,9,12-13H2,1-5H3,(H,34,36)(H,37,38)/t27-/m0/s1. The second-order valence-electron chi connectivity index (χ2n) is 11.2. The molecular formula is C30H31FN4O7S. The molecule has 0 radical (unpaired) electrons. The number of hydrogen-bond acceptors (Lipinski definition) is 8. The third-order valence-electron chi connectivity index (χ3n) is 6.99. The molecule has 0 saturated carbocycles. The van der Waals surface area contributed by atoms with Crippen LogP contribution >= 0.6 is 0 Å². The van der Waals surface area contributed by atoms with Crippen LogP contribution in [-0.4, -0.2) is 52.2 Å². The van der Waals surface area contributed by atoms with Gasteiger partial charge in [-0.1, -0.05) is 18.2 Å². The Morgan fingerprint density at radius 2 is 1.86 bits per heavy atom. The fourth-order valence-corrected chi connectivity index (χ4v) is 6.12. The molecule has 4 aromatic rings. The number of halogens is 1. The normalized spacial score (nSPS) is 14.2. The Morgan fingerprint density at radius 3 is 2.51 bits per heavy atom. The highest BCUT2D eigenvalue weighted by Crippen LogP contribution is 2.41. The molecule has 2 aromatic carbocycles. The second-order valence-corrected chi connectivity index (χ2v) is 12.9. The minimum atomic E-state index is -4.22. The number of carboxylic acids is 1. The lowest BCUT2D eigenvalue weighted by Crippen LogP contribution is -2.31. The monoisotopic (exact) mass is 610 g/mol.